The molecule has 47 heavy (non-hydrogen) atoms. The Hall–Kier alpha value is -3.01. The van der Waals surface area contributed by atoms with Gasteiger partial charge < -0.3 is 19.2 Å². The number of alkyl halides is 1. The van der Waals surface area contributed by atoms with E-state index in [-0.39, 0.29) is 40.5 Å². The molecule has 1 aliphatic rings. The molecule has 3 aromatic rings. The summed E-state index contributed by atoms with van der Waals surface area (Å²) in [4.78, 5) is 26.8. The van der Waals surface area contributed by atoms with E-state index >= 15 is 0 Å². The number of allylic oxidation sites excluding steroid dienone is 1. The number of carbonyl (C=O) groups excluding carboxylic acids is 1. The molecule has 0 spiro atoms. The molecule has 0 radical (unpaired) electrons. The average Bonchev–Trinajstić information content (AvgIpc) is 3.02. The summed E-state index contributed by atoms with van der Waals surface area (Å²) in [5.74, 6) is 0.303. The lowest BCUT2D eigenvalue weighted by Gasteiger charge is -2.48. The number of hydrogen-bond donors (Lipinski definition) is 1. The molecule has 9 heteroatoms. The van der Waals surface area contributed by atoms with Crippen molar-refractivity contribution in [3.05, 3.63) is 102 Å². The molecule has 0 saturated carbocycles. The van der Waals surface area contributed by atoms with Crippen molar-refractivity contribution in [3.63, 3.8) is 0 Å². The first-order valence-electron chi connectivity index (χ1n) is 16.5. The maximum absolute atomic E-state index is 14.0. The van der Waals surface area contributed by atoms with Crippen LogP contribution in [0.15, 0.2) is 78.9 Å². The SMILES string of the molecule is CCCCOc1cc(OC/C=C/CBr)ccc1[C@@H]1C(CC[C@H](CC(C)(C)[Si](C)(C)O)c2ccc(F)cc2)C(=O)N1c1ccc(F)cc1. The quantitative estimate of drug-likeness (QED) is 0.0495. The summed E-state index contributed by atoms with van der Waals surface area (Å²) in [7, 11) is -2.54. The molecule has 3 atom stereocenters. The Morgan fingerprint density at radius 2 is 1.66 bits per heavy atom. The third kappa shape index (κ3) is 9.33. The summed E-state index contributed by atoms with van der Waals surface area (Å²) in [5.41, 5.74) is 2.50. The van der Waals surface area contributed by atoms with Crippen LogP contribution in [0.25, 0.3) is 0 Å². The Morgan fingerprint density at radius 1 is 1.00 bits per heavy atom. The number of amides is 1. The van der Waals surface area contributed by atoms with Crippen LogP contribution >= 0.6 is 15.9 Å². The minimum atomic E-state index is -2.54. The molecule has 1 amide bonds. The van der Waals surface area contributed by atoms with Gasteiger partial charge in [-0.1, -0.05) is 67.4 Å². The molecule has 1 aliphatic heterocycles. The minimum Gasteiger partial charge on any atom is -0.493 e. The summed E-state index contributed by atoms with van der Waals surface area (Å²) in [6.07, 6.45) is 7.74. The molecule has 1 N–H and O–H groups in total. The van der Waals surface area contributed by atoms with Crippen LogP contribution in [-0.2, 0) is 4.79 Å². The van der Waals surface area contributed by atoms with Gasteiger partial charge in [0.1, 0.15) is 29.7 Å². The van der Waals surface area contributed by atoms with Gasteiger partial charge in [-0.05, 0) is 104 Å². The van der Waals surface area contributed by atoms with Gasteiger partial charge in [0.15, 0.2) is 8.32 Å². The third-order valence-corrected chi connectivity index (χ3v) is 13.5. The number of anilines is 1. The number of benzene rings is 3. The number of carbonyl (C=O) groups is 1. The number of unbranched alkanes of at least 4 members (excludes halogenated alkanes) is 1. The predicted octanol–water partition coefficient (Wildman–Crippen LogP) is 10.1. The summed E-state index contributed by atoms with van der Waals surface area (Å²) in [6.45, 7) is 11.2. The molecule has 1 unspecified atom stereocenters. The van der Waals surface area contributed by atoms with Crippen molar-refractivity contribution in [1.29, 1.82) is 0 Å². The van der Waals surface area contributed by atoms with Crippen molar-refractivity contribution >= 4 is 35.8 Å². The average molecular weight is 729 g/mol. The molecule has 1 fully saturated rings. The number of ether oxygens (including phenoxy) is 2. The van der Waals surface area contributed by atoms with Gasteiger partial charge in [0.2, 0.25) is 5.91 Å². The molecular weight excluding hydrogens is 680 g/mol. The molecule has 0 aromatic heterocycles. The molecule has 0 bridgehead atoms. The second kappa shape index (κ2) is 16.4. The molecule has 3 aromatic carbocycles. The van der Waals surface area contributed by atoms with Crippen LogP contribution in [-0.4, -0.2) is 37.6 Å². The molecule has 4 rings (SSSR count). The van der Waals surface area contributed by atoms with Crippen molar-refractivity contribution in [2.24, 2.45) is 5.92 Å². The van der Waals surface area contributed by atoms with E-state index in [0.717, 1.165) is 29.3 Å². The van der Waals surface area contributed by atoms with Gasteiger partial charge in [0.25, 0.3) is 0 Å². The summed E-state index contributed by atoms with van der Waals surface area (Å²) in [5, 5.41) is 0.436. The summed E-state index contributed by atoms with van der Waals surface area (Å²) < 4.78 is 40.2. The lowest BCUT2D eigenvalue weighted by molar-refractivity contribution is -0.130. The highest BCUT2D eigenvalue weighted by Gasteiger charge is 2.50. The van der Waals surface area contributed by atoms with Gasteiger partial charge in [-0.15, -0.1) is 0 Å². The Labute approximate surface area is 288 Å². The first kappa shape index (κ1) is 36.8. The van der Waals surface area contributed by atoms with E-state index < -0.39 is 8.32 Å². The fraction of sp³-hybridized carbons (Fsp3) is 0.447. The van der Waals surface area contributed by atoms with Crippen LogP contribution in [0.3, 0.4) is 0 Å². The highest BCUT2D eigenvalue weighted by molar-refractivity contribution is 9.09. The van der Waals surface area contributed by atoms with Crippen LogP contribution in [0.1, 0.15) is 76.0 Å². The van der Waals surface area contributed by atoms with E-state index in [0.29, 0.717) is 49.7 Å². The van der Waals surface area contributed by atoms with Gasteiger partial charge in [-0.25, -0.2) is 8.78 Å². The van der Waals surface area contributed by atoms with Crippen molar-refractivity contribution in [2.75, 3.05) is 23.4 Å². The van der Waals surface area contributed by atoms with Gasteiger partial charge in [0.05, 0.1) is 18.6 Å². The van der Waals surface area contributed by atoms with E-state index in [2.05, 4.69) is 36.7 Å². The van der Waals surface area contributed by atoms with Crippen LogP contribution in [0.5, 0.6) is 11.5 Å². The Morgan fingerprint density at radius 3 is 2.28 bits per heavy atom. The number of β-lactam (4-membered cyclic amide) rings is 1. The van der Waals surface area contributed by atoms with Gasteiger partial charge >= 0.3 is 0 Å². The summed E-state index contributed by atoms with van der Waals surface area (Å²) in [6, 6.07) is 18.1. The highest BCUT2D eigenvalue weighted by atomic mass is 79.9. The van der Waals surface area contributed by atoms with E-state index in [9.17, 15) is 18.4 Å². The van der Waals surface area contributed by atoms with Crippen LogP contribution in [0.4, 0.5) is 14.5 Å². The zero-order valence-electron chi connectivity index (χ0n) is 28.1. The second-order valence-electron chi connectivity index (χ2n) is 13.5. The number of rotatable bonds is 17. The fourth-order valence-corrected chi connectivity index (χ4v) is 7.03. The van der Waals surface area contributed by atoms with Crippen molar-refractivity contribution in [1.82, 2.24) is 0 Å². The summed E-state index contributed by atoms with van der Waals surface area (Å²) >= 11 is 3.38. The largest absolute Gasteiger partial charge is 0.493 e. The maximum Gasteiger partial charge on any atom is 0.233 e. The molecule has 1 saturated heterocycles. The third-order valence-electron chi connectivity index (χ3n) is 9.56. The number of hydrogen-bond acceptors (Lipinski definition) is 4. The topological polar surface area (TPSA) is 59.0 Å². The number of halogens is 3. The monoisotopic (exact) mass is 727 g/mol. The van der Waals surface area contributed by atoms with E-state index in [1.54, 1.807) is 17.0 Å². The Balaban J connectivity index is 1.69. The van der Waals surface area contributed by atoms with E-state index in [4.69, 9.17) is 9.47 Å². The standard InChI is InChI=1S/C38H48BrF2NO4Si/c1-6-7-23-46-35-25-32(45-24-9-8-22-39)19-21-33(35)36-34(37(43)42(36)31-17-15-30(41)16-18-31)20-12-28(26-38(2,3)47(4,5)44)27-10-13-29(40)14-11-27/h8-11,13-19,21,25,28,34,36,44H,6-7,12,20,22-24,26H2,1-5H3/b9-8+/t28-,34?,36-/m1/s1. The molecule has 5 nitrogen and oxygen atoms in total. The zero-order valence-corrected chi connectivity index (χ0v) is 30.7. The second-order valence-corrected chi connectivity index (χ2v) is 18.7. The van der Waals surface area contributed by atoms with Crippen LogP contribution in [0, 0.1) is 17.6 Å². The predicted molar refractivity (Wildman–Crippen MR) is 192 cm³/mol. The van der Waals surface area contributed by atoms with E-state index in [1.165, 1.54) is 24.3 Å². The fourth-order valence-electron chi connectivity index (χ4n) is 6.02. The normalized spacial score (nSPS) is 17.6. The maximum atomic E-state index is 14.0. The minimum absolute atomic E-state index is 0.0153. The molecular formula is C38H48BrF2NO4Si. The van der Waals surface area contributed by atoms with Gasteiger partial charge in [-0.3, -0.25) is 4.79 Å². The zero-order chi connectivity index (χ0) is 34.2. The lowest BCUT2D eigenvalue weighted by atomic mass is 9.75. The number of nitrogens with zero attached hydrogens (tertiary/aromatic N) is 1. The molecule has 254 valence electrons. The van der Waals surface area contributed by atoms with Crippen LogP contribution in [0.2, 0.25) is 18.1 Å². The highest BCUT2D eigenvalue weighted by Crippen LogP contribution is 2.51. The van der Waals surface area contributed by atoms with E-state index in [1.807, 2.05) is 55.6 Å². The van der Waals surface area contributed by atoms with Crippen molar-refractivity contribution in [3.8, 4) is 11.5 Å². The lowest BCUT2D eigenvalue weighted by Crippen LogP contribution is -2.55. The Kier molecular flexibility index (Phi) is 12.8. The van der Waals surface area contributed by atoms with Gasteiger partial charge in [0, 0.05) is 22.6 Å². The first-order chi connectivity index (χ1) is 22.4. The van der Waals surface area contributed by atoms with Crippen LogP contribution < -0.4 is 14.4 Å². The van der Waals surface area contributed by atoms with Gasteiger partial charge in [-0.2, -0.15) is 0 Å². The smallest absolute Gasteiger partial charge is 0.233 e. The van der Waals surface area contributed by atoms with Crippen molar-refractivity contribution in [2.45, 2.75) is 83.0 Å². The Bertz CT molecular complexity index is 1490. The molecule has 0 aliphatic carbocycles. The first-order valence-corrected chi connectivity index (χ1v) is 20.6. The van der Waals surface area contributed by atoms with Crippen molar-refractivity contribution < 1.29 is 27.8 Å². The molecule has 1 heterocycles.